The van der Waals surface area contributed by atoms with Gasteiger partial charge in [-0.1, -0.05) is 19.9 Å². The van der Waals surface area contributed by atoms with E-state index in [1.165, 1.54) is 5.56 Å². The molecule has 1 aromatic heterocycles. The first-order valence-corrected chi connectivity index (χ1v) is 6.96. The highest BCUT2D eigenvalue weighted by atomic mass is 15.1. The summed E-state index contributed by atoms with van der Waals surface area (Å²) in [6.45, 7) is 9.62. The van der Waals surface area contributed by atoms with E-state index in [4.69, 9.17) is 0 Å². The van der Waals surface area contributed by atoms with E-state index < -0.39 is 0 Å². The van der Waals surface area contributed by atoms with Crippen LogP contribution in [0.3, 0.4) is 0 Å². The van der Waals surface area contributed by atoms with Gasteiger partial charge in [-0.05, 0) is 30.8 Å². The molecule has 0 aliphatic rings. The molecular weight excluding hydrogens is 236 g/mol. The number of likely N-dealkylation sites (N-methyl/N-ethyl adjacent to an activating group) is 1. The Kier molecular flexibility index (Phi) is 5.24. The second-order valence-corrected chi connectivity index (χ2v) is 4.58. The van der Waals surface area contributed by atoms with Crippen molar-refractivity contribution in [3.8, 4) is 0 Å². The summed E-state index contributed by atoms with van der Waals surface area (Å²) in [6.07, 6.45) is 3.46. The van der Waals surface area contributed by atoms with Crippen molar-refractivity contribution < 1.29 is 0 Å². The van der Waals surface area contributed by atoms with Gasteiger partial charge in [0.25, 0.3) is 0 Å². The predicted molar refractivity (Wildman–Crippen MR) is 79.0 cm³/mol. The molecule has 0 fully saturated rings. The fourth-order valence-electron chi connectivity index (χ4n) is 2.13. The fraction of sp³-hybridized carbons (Fsp3) is 0.467. The lowest BCUT2D eigenvalue weighted by atomic mass is 10.2. The monoisotopic (exact) mass is 258 g/mol. The highest BCUT2D eigenvalue weighted by Crippen LogP contribution is 2.10. The number of nitrogens with one attached hydrogen (secondary N) is 1. The molecule has 0 saturated carbocycles. The van der Waals surface area contributed by atoms with Crippen molar-refractivity contribution in [1.82, 2.24) is 20.2 Å². The van der Waals surface area contributed by atoms with Gasteiger partial charge in [0.15, 0.2) is 0 Å². The Morgan fingerprint density at radius 2 is 1.79 bits per heavy atom. The lowest BCUT2D eigenvalue weighted by molar-refractivity contribution is 0.302. The summed E-state index contributed by atoms with van der Waals surface area (Å²) in [5, 5.41) is 3.48. The molecule has 0 bridgehead atoms. The molecule has 1 aromatic carbocycles. The molecule has 4 nitrogen and oxygen atoms in total. The molecule has 0 aliphatic carbocycles. The van der Waals surface area contributed by atoms with E-state index in [0.717, 1.165) is 43.8 Å². The zero-order chi connectivity index (χ0) is 13.5. The van der Waals surface area contributed by atoms with Crippen molar-refractivity contribution in [3.63, 3.8) is 0 Å². The molecule has 0 aliphatic heterocycles. The van der Waals surface area contributed by atoms with Crippen LogP contribution in [0.4, 0.5) is 0 Å². The van der Waals surface area contributed by atoms with Crippen LogP contribution in [0, 0.1) is 0 Å². The molecule has 0 atom stereocenters. The molecule has 0 radical (unpaired) electrons. The number of hydrogen-bond donors (Lipinski definition) is 1. The molecule has 4 heteroatoms. The Labute approximate surface area is 114 Å². The molecule has 102 valence electrons. The van der Waals surface area contributed by atoms with Gasteiger partial charge < -0.3 is 10.2 Å². The highest BCUT2D eigenvalue weighted by Gasteiger charge is 2.00. The van der Waals surface area contributed by atoms with Gasteiger partial charge in [-0.2, -0.15) is 0 Å². The number of rotatable bonds is 7. The minimum Gasteiger partial charge on any atom is -0.311 e. The van der Waals surface area contributed by atoms with E-state index in [-0.39, 0.29) is 0 Å². The van der Waals surface area contributed by atoms with Crippen LogP contribution in [-0.2, 0) is 6.54 Å². The Morgan fingerprint density at radius 3 is 2.53 bits per heavy atom. The Balaban J connectivity index is 1.84. The van der Waals surface area contributed by atoms with E-state index >= 15 is 0 Å². The van der Waals surface area contributed by atoms with Crippen LogP contribution in [0.2, 0.25) is 0 Å². The summed E-state index contributed by atoms with van der Waals surface area (Å²) >= 11 is 0. The van der Waals surface area contributed by atoms with Gasteiger partial charge in [0.1, 0.15) is 0 Å². The smallest absolute Gasteiger partial charge is 0.0890 e. The first kappa shape index (κ1) is 13.9. The van der Waals surface area contributed by atoms with Gasteiger partial charge in [0.05, 0.1) is 11.0 Å². The predicted octanol–water partition coefficient (Wildman–Crippen LogP) is 2.06. The summed E-state index contributed by atoms with van der Waals surface area (Å²) in [5.41, 5.74) is 3.17. The maximum atomic E-state index is 4.33. The van der Waals surface area contributed by atoms with Crippen LogP contribution in [0.25, 0.3) is 11.0 Å². The first-order valence-electron chi connectivity index (χ1n) is 6.96. The van der Waals surface area contributed by atoms with Crippen LogP contribution >= 0.6 is 0 Å². The molecule has 2 aromatic rings. The van der Waals surface area contributed by atoms with Crippen LogP contribution in [0.15, 0.2) is 30.6 Å². The lowest BCUT2D eigenvalue weighted by Crippen LogP contribution is -2.31. The molecule has 0 amide bonds. The SMILES string of the molecule is CCN(CC)CCNCc1ccc2nccnc2c1. The van der Waals surface area contributed by atoms with Crippen molar-refractivity contribution in [2.24, 2.45) is 0 Å². The standard InChI is InChI=1S/C15H22N4/c1-3-19(4-2)10-9-16-12-13-5-6-14-15(11-13)18-8-7-17-14/h5-8,11,16H,3-4,9-10,12H2,1-2H3. The number of fused-ring (bicyclic) bond motifs is 1. The van der Waals surface area contributed by atoms with Crippen LogP contribution in [-0.4, -0.2) is 41.0 Å². The summed E-state index contributed by atoms with van der Waals surface area (Å²) in [4.78, 5) is 11.0. The number of aromatic nitrogens is 2. The topological polar surface area (TPSA) is 41.0 Å². The first-order chi connectivity index (χ1) is 9.33. The molecule has 1 heterocycles. The highest BCUT2D eigenvalue weighted by molar-refractivity contribution is 5.74. The average Bonchev–Trinajstić information content (AvgIpc) is 2.47. The van der Waals surface area contributed by atoms with Crippen molar-refractivity contribution in [2.75, 3.05) is 26.2 Å². The molecule has 0 spiro atoms. The van der Waals surface area contributed by atoms with Crippen molar-refractivity contribution in [2.45, 2.75) is 20.4 Å². The molecule has 0 saturated heterocycles. The van der Waals surface area contributed by atoms with Crippen LogP contribution in [0.1, 0.15) is 19.4 Å². The number of hydrogen-bond acceptors (Lipinski definition) is 4. The second-order valence-electron chi connectivity index (χ2n) is 4.58. The fourth-order valence-corrected chi connectivity index (χ4v) is 2.13. The normalized spacial score (nSPS) is 11.3. The van der Waals surface area contributed by atoms with E-state index in [0.29, 0.717) is 0 Å². The maximum absolute atomic E-state index is 4.33. The zero-order valence-corrected chi connectivity index (χ0v) is 11.8. The number of nitrogens with zero attached hydrogens (tertiary/aromatic N) is 3. The third kappa shape index (κ3) is 3.98. The van der Waals surface area contributed by atoms with Crippen molar-refractivity contribution in [3.05, 3.63) is 36.2 Å². The lowest BCUT2D eigenvalue weighted by Gasteiger charge is -2.18. The average molecular weight is 258 g/mol. The van der Waals surface area contributed by atoms with Gasteiger partial charge in [0.2, 0.25) is 0 Å². The van der Waals surface area contributed by atoms with E-state index in [1.54, 1.807) is 12.4 Å². The number of benzene rings is 1. The minimum atomic E-state index is 0.883. The quantitative estimate of drug-likeness (QED) is 0.772. The van der Waals surface area contributed by atoms with Crippen LogP contribution < -0.4 is 5.32 Å². The second kappa shape index (κ2) is 7.16. The van der Waals surface area contributed by atoms with Gasteiger partial charge in [-0.3, -0.25) is 9.97 Å². The largest absolute Gasteiger partial charge is 0.311 e. The summed E-state index contributed by atoms with van der Waals surface area (Å²) in [7, 11) is 0. The maximum Gasteiger partial charge on any atom is 0.0890 e. The van der Waals surface area contributed by atoms with Gasteiger partial charge in [-0.15, -0.1) is 0 Å². The van der Waals surface area contributed by atoms with Crippen molar-refractivity contribution >= 4 is 11.0 Å². The third-order valence-corrected chi connectivity index (χ3v) is 3.36. The minimum absolute atomic E-state index is 0.883. The molecular formula is C15H22N4. The Morgan fingerprint density at radius 1 is 1.05 bits per heavy atom. The Hall–Kier alpha value is -1.52. The van der Waals surface area contributed by atoms with Gasteiger partial charge in [-0.25, -0.2) is 0 Å². The van der Waals surface area contributed by atoms with E-state index in [9.17, 15) is 0 Å². The zero-order valence-electron chi connectivity index (χ0n) is 11.8. The third-order valence-electron chi connectivity index (χ3n) is 3.36. The molecule has 2 rings (SSSR count). The van der Waals surface area contributed by atoms with E-state index in [2.05, 4.69) is 46.2 Å². The Bertz CT molecular complexity index is 508. The summed E-state index contributed by atoms with van der Waals surface area (Å²) < 4.78 is 0. The van der Waals surface area contributed by atoms with Gasteiger partial charge in [0, 0.05) is 32.0 Å². The molecule has 0 unspecified atom stereocenters. The van der Waals surface area contributed by atoms with Gasteiger partial charge >= 0.3 is 0 Å². The molecule has 19 heavy (non-hydrogen) atoms. The summed E-state index contributed by atoms with van der Waals surface area (Å²) in [5.74, 6) is 0. The van der Waals surface area contributed by atoms with Crippen LogP contribution in [0.5, 0.6) is 0 Å². The summed E-state index contributed by atoms with van der Waals surface area (Å²) in [6, 6.07) is 6.25. The van der Waals surface area contributed by atoms with Crippen molar-refractivity contribution in [1.29, 1.82) is 0 Å². The van der Waals surface area contributed by atoms with E-state index in [1.807, 2.05) is 6.07 Å². The molecule has 1 N–H and O–H groups in total.